The first kappa shape index (κ1) is 135. The maximum atomic E-state index is 9.77. The zero-order chi connectivity index (χ0) is 97.2. The van der Waals surface area contributed by atoms with E-state index >= 15 is 0 Å². The molecule has 0 saturated carbocycles. The maximum absolute atomic E-state index is 9.77. The second-order valence-electron chi connectivity index (χ2n) is 25.4. The summed E-state index contributed by atoms with van der Waals surface area (Å²) in [6, 6.07) is 56.8. The van der Waals surface area contributed by atoms with Gasteiger partial charge in [-0.2, -0.15) is 0 Å². The Balaban J connectivity index is -0.000000697. The predicted molar refractivity (Wildman–Crippen MR) is 503 cm³/mol. The molecule has 9 aromatic rings. The number of carbonyl (C=O) groups excluding carboxylic acids is 6. The maximum Gasteiger partial charge on any atom is 1.00 e. The van der Waals surface area contributed by atoms with Gasteiger partial charge in [0.1, 0.15) is 72.2 Å². The van der Waals surface area contributed by atoms with Crippen LogP contribution in [0.3, 0.4) is 0 Å². The molecule has 6 aromatic carbocycles. The molecule has 0 aliphatic heterocycles. The first-order chi connectivity index (χ1) is 59.8. The Morgan fingerprint density at radius 3 is 0.729 bits per heavy atom. The van der Waals surface area contributed by atoms with Gasteiger partial charge in [0, 0.05) is 56.6 Å². The van der Waals surface area contributed by atoms with E-state index in [1.54, 1.807) is 34.0 Å². The van der Waals surface area contributed by atoms with E-state index < -0.39 is 121 Å². The third kappa shape index (κ3) is 58.9. The molecule has 9 rings (SSSR count). The van der Waals surface area contributed by atoms with Gasteiger partial charge in [0.15, 0.2) is 24.4 Å². The molecule has 0 spiro atoms. The van der Waals surface area contributed by atoms with Gasteiger partial charge in [0.2, 0.25) is 0 Å². The van der Waals surface area contributed by atoms with E-state index in [9.17, 15) is 78.6 Å². The number of aliphatic hydroxyl groups excluding tert-OH is 10. The first-order valence-corrected chi connectivity index (χ1v) is 75.0. The summed E-state index contributed by atoms with van der Waals surface area (Å²) in [6.45, 7) is 3.19. The van der Waals surface area contributed by atoms with Crippen LogP contribution in [0.1, 0.15) is 52.2 Å². The van der Waals surface area contributed by atoms with Crippen molar-refractivity contribution in [3.8, 4) is 17.2 Å². The number of fused-ring (bicyclic) bond motifs is 3. The van der Waals surface area contributed by atoms with Crippen LogP contribution < -0.4 is 202 Å². The first-order valence-electron chi connectivity index (χ1n) is 35.5. The molecule has 129 heavy (non-hydrogen) atoms. The number of aliphatic hydroxyl groups is 10. The van der Waals surface area contributed by atoms with E-state index in [0.717, 1.165) is 56.1 Å². The average Bonchev–Trinajstić information content (AvgIpc) is 1.22. The Hall–Kier alpha value is -0.677. The minimum atomic E-state index is -2.44. The second kappa shape index (κ2) is 79.0. The molecule has 0 radical (unpaired) electrons. The number of quaternary nitrogens is 2. The molecular weight excluding hydrogens is 2880 g/mol. The monoisotopic (exact) mass is 2960 g/mol. The van der Waals surface area contributed by atoms with Crippen molar-refractivity contribution in [3.05, 3.63) is 195 Å². The van der Waals surface area contributed by atoms with Crippen molar-refractivity contribution in [2.45, 2.75) is 98.6 Å². The van der Waals surface area contributed by atoms with Crippen molar-refractivity contribution in [2.75, 3.05) is 61.9 Å². The molecule has 0 aliphatic rings. The number of carbonyl (C=O) groups is 10. The summed E-state index contributed by atoms with van der Waals surface area (Å²) < 4.78 is 19.2. The molecule has 0 bridgehead atoms. The van der Waals surface area contributed by atoms with E-state index in [1.807, 2.05) is 12.2 Å². The van der Waals surface area contributed by atoms with Crippen LogP contribution in [-0.4, -0.2) is 259 Å². The normalized spacial score (nSPS) is 13.3. The van der Waals surface area contributed by atoms with Gasteiger partial charge in [0.25, 0.3) is 0 Å². The third-order valence-electron chi connectivity index (χ3n) is 15.3. The van der Waals surface area contributed by atoms with Crippen LogP contribution >= 0.6 is 163 Å². The van der Waals surface area contributed by atoms with Crippen LogP contribution in [-0.2, 0) is 47.9 Å². The van der Waals surface area contributed by atoms with Crippen molar-refractivity contribution < 1.29 is 322 Å². The van der Waals surface area contributed by atoms with Gasteiger partial charge < -0.3 is 160 Å². The van der Waals surface area contributed by atoms with Gasteiger partial charge in [-0.1, -0.05) is 127 Å². The minimum absolute atomic E-state index is 0. The number of carboxylic acids is 10. The Bertz CT molecular complexity index is 4030. The van der Waals surface area contributed by atoms with Crippen LogP contribution in [0, 0.1) is 0 Å². The molecule has 0 amide bonds. The van der Waals surface area contributed by atoms with E-state index in [-0.39, 0.29) is 121 Å². The predicted octanol–water partition coefficient (Wildman–Crippen LogP) is -14.9. The molecule has 16 N–H and O–H groups in total. The number of halogens is 9. The number of hydrogen-bond donors (Lipinski definition) is 16. The van der Waals surface area contributed by atoms with Crippen molar-refractivity contribution in [2.24, 2.45) is 0 Å². The minimum Gasteiger partial charge on any atom is -0.547 e. The van der Waals surface area contributed by atoms with E-state index in [0.29, 0.717) is 44.9 Å². The van der Waals surface area contributed by atoms with Gasteiger partial charge in [-0.05, 0) is 82.8 Å². The zero-order valence-corrected chi connectivity index (χ0v) is 98.7. The molecule has 0 fully saturated rings. The van der Waals surface area contributed by atoms with Crippen LogP contribution in [0.5, 0.6) is 17.2 Å². The number of aliphatic carboxylic acids is 10. The smallest absolute Gasteiger partial charge is 0.547 e. The molecule has 0 aliphatic carbocycles. The summed E-state index contributed by atoms with van der Waals surface area (Å²) in [5.74, 6) is -16.5. The fourth-order valence-corrected chi connectivity index (χ4v) is 11.5. The van der Waals surface area contributed by atoms with E-state index in [2.05, 4.69) is 344 Å². The molecule has 710 valence electrons. The van der Waals surface area contributed by atoms with Gasteiger partial charge in [-0.15, -0.1) is 34.0 Å². The van der Waals surface area contributed by atoms with E-state index in [4.69, 9.17) is 85.7 Å². The fraction of sp³-hybridized carbons (Fsp3) is 0.325. The zero-order valence-electron chi connectivity index (χ0n) is 69.0. The summed E-state index contributed by atoms with van der Waals surface area (Å²) in [6.07, 6.45) is -16.5. The number of ether oxygens (including phenoxy) is 3. The number of benzene rings is 6. The number of nitrogens with one attached hydrogen (secondary N) is 2. The van der Waals surface area contributed by atoms with Crippen LogP contribution in [0.15, 0.2) is 180 Å². The number of hydrogen-bond acceptors (Lipinski definition) is 35. The summed E-state index contributed by atoms with van der Waals surface area (Å²) in [5.41, 5.74) is 0. The molecule has 13 atom stereocenters. The molecule has 3 aromatic heterocycles. The Morgan fingerprint density at radius 1 is 0.357 bits per heavy atom. The summed E-state index contributed by atoms with van der Waals surface area (Å²) in [4.78, 5) is 106. The third-order valence-corrected chi connectivity index (χ3v) is 58.1. The Morgan fingerprint density at radius 2 is 0.558 bits per heavy atom. The quantitative estimate of drug-likeness (QED) is 0.0130. The Kier molecular flexibility index (Phi) is 82.5. The second-order valence-corrected chi connectivity index (χ2v) is 75.8. The van der Waals surface area contributed by atoms with Crippen molar-refractivity contribution >= 4 is 255 Å². The largest absolute Gasteiger partial charge is 1.00 e. The van der Waals surface area contributed by atoms with Gasteiger partial charge in [-0.3, -0.25) is 0 Å². The number of carboxylic acid groups (broad SMARTS) is 10. The fourth-order valence-electron chi connectivity index (χ4n) is 9.08. The van der Waals surface area contributed by atoms with Gasteiger partial charge >= 0.3 is 301 Å². The van der Waals surface area contributed by atoms with Crippen LogP contribution in [0.2, 0.25) is 0 Å². The topological polar surface area (TPSA) is 632 Å². The summed E-state index contributed by atoms with van der Waals surface area (Å²) >= 11 is 21.0. The van der Waals surface area contributed by atoms with Crippen molar-refractivity contribution in [1.29, 1.82) is 0 Å². The SMILES string of the molecule is CN(C)CCC(Oc1cccc2ccccc12)c1cccs1.C[NH+](C)CC[C@H](Oc1cccc2ccccc12)c1cccs1.C[NH+](C)CC[C@H](Oc1cccc2ccccc12)c1cccs1.IS[I-]I.IS[I-]I.I[I-]I.O=C(O)C(O)C(O)C(=O)O.O=C(O)C(O)C(O)C(=O)O.O=C([O-])C(O)C(O)C(=O)[O-].O=C([O-])C(O)C(O)C(=O)[O-].O=C([O-])C(O)C(O)C(=O)[O-].[K+].[K+]. The van der Waals surface area contributed by atoms with Gasteiger partial charge in [0.05, 0.1) is 77.1 Å². The average molecular weight is 2970 g/mol. The van der Waals surface area contributed by atoms with Crippen molar-refractivity contribution in [1.82, 2.24) is 4.90 Å². The summed E-state index contributed by atoms with van der Waals surface area (Å²) in [5, 5.41) is 186. The Labute approximate surface area is 937 Å². The van der Waals surface area contributed by atoms with Crippen LogP contribution in [0.25, 0.3) is 32.3 Å². The van der Waals surface area contributed by atoms with E-state index in [1.165, 1.54) is 56.7 Å². The molecule has 52 heteroatoms. The molecule has 3 heterocycles. The van der Waals surface area contributed by atoms with Crippen molar-refractivity contribution in [3.63, 3.8) is 0 Å². The molecule has 11 unspecified atom stereocenters. The van der Waals surface area contributed by atoms with Gasteiger partial charge in [-0.25, -0.2) is 19.2 Å². The van der Waals surface area contributed by atoms with Crippen LogP contribution in [0.4, 0.5) is 0 Å². The number of thiophene rings is 3. The molecule has 36 nitrogen and oxygen atoms in total. The standard InChI is InChI=1S/3C19H21NOS.5C4H6O6.2I3S.I3.2K/c3*1-20(2)13-12-18(19-11-6-14-22-19)21-17-10-5-8-15-7-3-4-9-16(15)17;5*5-1(3(7)8)2(6)4(9)10;2*1-3-4-2;1-3-2;;/h3*3-11,14,18H,12-13H2,1-2H3;5*1-2,5-6H,(H,7,8)(H,9,10);;;;;/q;;;;;;;;3*-1;2*+1/p-4/t2*18-;;;;;;;;;;;/m00.........../s1. The molecule has 0 saturated heterocycles. The molecular formula is C77H89I9K2N3O33S5-5. The number of rotatable bonds is 35. The number of nitrogens with zero attached hydrogens (tertiary/aromatic N) is 1. The summed E-state index contributed by atoms with van der Waals surface area (Å²) in [7, 11) is 12.9.